The van der Waals surface area contributed by atoms with Gasteiger partial charge >= 0.3 is 0 Å². The van der Waals surface area contributed by atoms with Crippen molar-refractivity contribution < 1.29 is 14.6 Å². The zero-order valence-corrected chi connectivity index (χ0v) is 10.8. The number of rotatable bonds is 7. The van der Waals surface area contributed by atoms with Crippen molar-refractivity contribution in [3.8, 4) is 5.75 Å². The first-order valence-corrected chi connectivity index (χ1v) is 5.96. The average Bonchev–Trinajstić information content (AvgIpc) is 2.38. The summed E-state index contributed by atoms with van der Waals surface area (Å²) in [6.07, 6.45) is 1.93. The molecule has 0 aliphatic heterocycles. The molecule has 0 heterocycles. The van der Waals surface area contributed by atoms with Crippen LogP contribution in [0.2, 0.25) is 0 Å². The van der Waals surface area contributed by atoms with Crippen LogP contribution in [0, 0.1) is 5.92 Å². The molecule has 1 N–H and O–H groups in total. The minimum atomic E-state index is 0.186. The van der Waals surface area contributed by atoms with Crippen molar-refractivity contribution in [1.82, 2.24) is 0 Å². The van der Waals surface area contributed by atoms with E-state index in [2.05, 4.69) is 0 Å². The number of hydrogen-bond acceptors (Lipinski definition) is 3. The molecule has 0 radical (unpaired) electrons. The first-order valence-electron chi connectivity index (χ1n) is 5.96. The molecular formula is C14H22O3. The second kappa shape index (κ2) is 7.30. The molecule has 0 saturated carbocycles. The maximum absolute atomic E-state index is 9.35. The number of aliphatic hydroxyl groups is 1. The molecule has 0 fully saturated rings. The molecule has 2 atom stereocenters. The minimum Gasteiger partial charge on any atom is -0.497 e. The number of ether oxygens (including phenoxy) is 2. The van der Waals surface area contributed by atoms with Gasteiger partial charge in [-0.05, 0) is 43.4 Å². The van der Waals surface area contributed by atoms with E-state index in [-0.39, 0.29) is 18.6 Å². The molecule has 3 nitrogen and oxygen atoms in total. The van der Waals surface area contributed by atoms with Gasteiger partial charge in [-0.25, -0.2) is 0 Å². The first kappa shape index (κ1) is 14.0. The Hall–Kier alpha value is -1.06. The van der Waals surface area contributed by atoms with Gasteiger partial charge in [-0.1, -0.05) is 12.1 Å². The van der Waals surface area contributed by atoms with E-state index in [9.17, 15) is 5.11 Å². The molecule has 0 aliphatic rings. The van der Waals surface area contributed by atoms with Gasteiger partial charge in [0.25, 0.3) is 0 Å². The topological polar surface area (TPSA) is 38.7 Å². The van der Waals surface area contributed by atoms with Gasteiger partial charge in [0.1, 0.15) is 5.75 Å². The molecular weight excluding hydrogens is 216 g/mol. The van der Waals surface area contributed by atoms with Crippen molar-refractivity contribution in [2.45, 2.75) is 25.9 Å². The Morgan fingerprint density at radius 2 is 1.82 bits per heavy atom. The van der Waals surface area contributed by atoms with E-state index in [4.69, 9.17) is 9.47 Å². The van der Waals surface area contributed by atoms with Crippen LogP contribution in [-0.4, -0.2) is 32.0 Å². The lowest BCUT2D eigenvalue weighted by atomic mass is 9.95. The number of methoxy groups -OCH3 is 2. The van der Waals surface area contributed by atoms with Crippen molar-refractivity contribution in [3.63, 3.8) is 0 Å². The highest BCUT2D eigenvalue weighted by Gasteiger charge is 2.12. The number of aliphatic hydroxyl groups excluding tert-OH is 1. The maximum Gasteiger partial charge on any atom is 0.118 e. The third-order valence-electron chi connectivity index (χ3n) is 3.01. The molecule has 3 heteroatoms. The zero-order chi connectivity index (χ0) is 12.7. The van der Waals surface area contributed by atoms with E-state index < -0.39 is 0 Å². The van der Waals surface area contributed by atoms with E-state index in [0.29, 0.717) is 0 Å². The van der Waals surface area contributed by atoms with Crippen LogP contribution in [0.4, 0.5) is 0 Å². The minimum absolute atomic E-state index is 0.186. The number of benzene rings is 1. The molecule has 17 heavy (non-hydrogen) atoms. The van der Waals surface area contributed by atoms with Gasteiger partial charge in [0.05, 0.1) is 13.2 Å². The summed E-state index contributed by atoms with van der Waals surface area (Å²) in [7, 11) is 3.36. The summed E-state index contributed by atoms with van der Waals surface area (Å²) in [5.74, 6) is 1.11. The van der Waals surface area contributed by atoms with Crippen molar-refractivity contribution in [3.05, 3.63) is 29.8 Å². The van der Waals surface area contributed by atoms with Crippen molar-refractivity contribution in [2.24, 2.45) is 5.92 Å². The standard InChI is InChI=1S/C14H22O3/c1-11(16-2)8-13(10-15)9-12-4-6-14(17-3)7-5-12/h4-7,11,13,15H,8-10H2,1-3H3. The van der Waals surface area contributed by atoms with Crippen molar-refractivity contribution in [1.29, 1.82) is 0 Å². The van der Waals surface area contributed by atoms with E-state index in [1.165, 1.54) is 5.56 Å². The third kappa shape index (κ3) is 4.75. The van der Waals surface area contributed by atoms with Gasteiger partial charge < -0.3 is 14.6 Å². The Bertz CT molecular complexity index is 308. The summed E-state index contributed by atoms with van der Waals surface area (Å²) >= 11 is 0. The van der Waals surface area contributed by atoms with Gasteiger partial charge in [-0.2, -0.15) is 0 Å². The fraction of sp³-hybridized carbons (Fsp3) is 0.571. The van der Waals surface area contributed by atoms with Crippen LogP contribution in [-0.2, 0) is 11.2 Å². The van der Waals surface area contributed by atoms with Gasteiger partial charge in [0.2, 0.25) is 0 Å². The van der Waals surface area contributed by atoms with E-state index in [1.807, 2.05) is 31.2 Å². The second-order valence-corrected chi connectivity index (χ2v) is 4.38. The predicted molar refractivity (Wildman–Crippen MR) is 68.4 cm³/mol. The second-order valence-electron chi connectivity index (χ2n) is 4.38. The molecule has 0 aliphatic carbocycles. The summed E-state index contributed by atoms with van der Waals surface area (Å²) < 4.78 is 10.3. The quantitative estimate of drug-likeness (QED) is 0.792. The Morgan fingerprint density at radius 1 is 1.18 bits per heavy atom. The molecule has 1 aromatic rings. The van der Waals surface area contributed by atoms with Crippen molar-refractivity contribution in [2.75, 3.05) is 20.8 Å². The van der Waals surface area contributed by atoms with Gasteiger partial charge in [-0.3, -0.25) is 0 Å². The molecule has 1 rings (SSSR count). The molecule has 2 unspecified atom stereocenters. The van der Waals surface area contributed by atoms with E-state index in [1.54, 1.807) is 14.2 Å². The highest BCUT2D eigenvalue weighted by molar-refractivity contribution is 5.27. The lowest BCUT2D eigenvalue weighted by Gasteiger charge is -2.18. The molecule has 1 aromatic carbocycles. The van der Waals surface area contributed by atoms with Gasteiger partial charge in [0.15, 0.2) is 0 Å². The largest absolute Gasteiger partial charge is 0.497 e. The summed E-state index contributed by atoms with van der Waals surface area (Å²) in [4.78, 5) is 0. The lowest BCUT2D eigenvalue weighted by Crippen LogP contribution is -2.17. The fourth-order valence-corrected chi connectivity index (χ4v) is 1.88. The highest BCUT2D eigenvalue weighted by Crippen LogP contribution is 2.18. The van der Waals surface area contributed by atoms with Gasteiger partial charge in [-0.15, -0.1) is 0 Å². The normalized spacial score (nSPS) is 14.4. The maximum atomic E-state index is 9.35. The van der Waals surface area contributed by atoms with Gasteiger partial charge in [0, 0.05) is 13.7 Å². The number of hydrogen-bond donors (Lipinski definition) is 1. The molecule has 0 bridgehead atoms. The zero-order valence-electron chi connectivity index (χ0n) is 10.8. The van der Waals surface area contributed by atoms with Crippen LogP contribution in [0.3, 0.4) is 0 Å². The van der Waals surface area contributed by atoms with Crippen LogP contribution < -0.4 is 4.74 Å². The first-order chi connectivity index (χ1) is 8.19. The van der Waals surface area contributed by atoms with Crippen LogP contribution in [0.25, 0.3) is 0 Å². The Morgan fingerprint density at radius 3 is 2.29 bits per heavy atom. The summed E-state index contributed by atoms with van der Waals surface area (Å²) in [6.45, 7) is 2.22. The smallest absolute Gasteiger partial charge is 0.118 e. The molecule has 0 saturated heterocycles. The molecule has 96 valence electrons. The fourth-order valence-electron chi connectivity index (χ4n) is 1.88. The third-order valence-corrected chi connectivity index (χ3v) is 3.01. The molecule has 0 amide bonds. The van der Waals surface area contributed by atoms with Crippen LogP contribution in [0.15, 0.2) is 24.3 Å². The summed E-state index contributed by atoms with van der Waals surface area (Å²) in [5.41, 5.74) is 1.22. The highest BCUT2D eigenvalue weighted by atomic mass is 16.5. The monoisotopic (exact) mass is 238 g/mol. The van der Waals surface area contributed by atoms with E-state index in [0.717, 1.165) is 18.6 Å². The van der Waals surface area contributed by atoms with E-state index >= 15 is 0 Å². The van der Waals surface area contributed by atoms with Crippen molar-refractivity contribution >= 4 is 0 Å². The van der Waals surface area contributed by atoms with Crippen LogP contribution >= 0.6 is 0 Å². The Balaban J connectivity index is 2.54. The molecule has 0 spiro atoms. The predicted octanol–water partition coefficient (Wildman–Crippen LogP) is 2.27. The summed E-state index contributed by atoms with van der Waals surface area (Å²) in [6, 6.07) is 7.98. The Labute approximate surface area is 103 Å². The Kier molecular flexibility index (Phi) is 6.01. The van der Waals surface area contributed by atoms with Crippen LogP contribution in [0.1, 0.15) is 18.9 Å². The van der Waals surface area contributed by atoms with Crippen LogP contribution in [0.5, 0.6) is 5.75 Å². The molecule has 0 aromatic heterocycles. The SMILES string of the molecule is COc1ccc(CC(CO)CC(C)OC)cc1. The summed E-state index contributed by atoms with van der Waals surface area (Å²) in [5, 5.41) is 9.35. The lowest BCUT2D eigenvalue weighted by molar-refractivity contribution is 0.0806. The average molecular weight is 238 g/mol.